The van der Waals surface area contributed by atoms with E-state index in [2.05, 4.69) is 15.9 Å². The Kier molecular flexibility index (Phi) is 8.34. The number of carbonyl (C=O) groups is 1. The quantitative estimate of drug-likeness (QED) is 0.397. The zero-order valence-electron chi connectivity index (χ0n) is 21.6. The first kappa shape index (κ1) is 26.9. The van der Waals surface area contributed by atoms with Gasteiger partial charge in [0.2, 0.25) is 0 Å². The van der Waals surface area contributed by atoms with Crippen LogP contribution in [0, 0.1) is 0 Å². The fourth-order valence-electron chi connectivity index (χ4n) is 4.49. The second kappa shape index (κ2) is 11.5. The van der Waals surface area contributed by atoms with E-state index in [1.807, 2.05) is 76.2 Å². The molecule has 194 valence electrons. The van der Waals surface area contributed by atoms with E-state index < -0.39 is 6.04 Å². The number of rotatable bonds is 8. The second-order valence-corrected chi connectivity index (χ2v) is 10.3. The minimum atomic E-state index is -0.658. The molecule has 3 aromatic rings. The number of hydrogen-bond donors (Lipinski definition) is 0. The summed E-state index contributed by atoms with van der Waals surface area (Å²) in [6.07, 6.45) is 1.84. The van der Waals surface area contributed by atoms with Crippen LogP contribution in [-0.2, 0) is 4.79 Å². The van der Waals surface area contributed by atoms with Crippen molar-refractivity contribution in [3.8, 4) is 11.5 Å². The summed E-state index contributed by atoms with van der Waals surface area (Å²) >= 11 is 4.85. The molecule has 1 amide bonds. The van der Waals surface area contributed by atoms with E-state index >= 15 is 0 Å². The van der Waals surface area contributed by atoms with Crippen LogP contribution < -0.4 is 24.4 Å². The molecule has 0 fully saturated rings. The number of thiazole rings is 1. The molecule has 2 aromatic carbocycles. The standard InChI is InChI=1S/C28H30BrN3O4S/c1-6-31(7-2)27(34)24-17(4)30-28-32(25(24)19-11-9-10-12-21(19)35-5)26(33)23(37-28)16-18-13-14-22(36-8-3)20(29)15-18/h9-16,25H,6-8H2,1-5H3/b23-16+/t25-/m0/s1. The predicted molar refractivity (Wildman–Crippen MR) is 150 cm³/mol. The molecule has 0 N–H and O–H groups in total. The molecule has 37 heavy (non-hydrogen) atoms. The topological polar surface area (TPSA) is 73.1 Å². The van der Waals surface area contributed by atoms with Gasteiger partial charge in [0.05, 0.1) is 34.0 Å². The van der Waals surface area contributed by atoms with Crippen molar-refractivity contribution in [2.45, 2.75) is 33.7 Å². The van der Waals surface area contributed by atoms with Crippen LogP contribution in [0.1, 0.15) is 44.9 Å². The van der Waals surface area contributed by atoms with E-state index in [-0.39, 0.29) is 11.5 Å². The molecule has 1 atom stereocenters. The van der Waals surface area contributed by atoms with Crippen molar-refractivity contribution < 1.29 is 14.3 Å². The zero-order valence-corrected chi connectivity index (χ0v) is 24.0. The van der Waals surface area contributed by atoms with E-state index in [1.165, 1.54) is 11.3 Å². The third kappa shape index (κ3) is 5.15. The van der Waals surface area contributed by atoms with Crippen LogP contribution in [-0.4, -0.2) is 42.2 Å². The fraction of sp³-hybridized carbons (Fsp3) is 0.321. The Morgan fingerprint density at radius 2 is 1.89 bits per heavy atom. The molecule has 1 aliphatic rings. The Labute approximate surface area is 228 Å². The van der Waals surface area contributed by atoms with Gasteiger partial charge in [0, 0.05) is 18.7 Å². The van der Waals surface area contributed by atoms with E-state index in [0.717, 1.165) is 21.3 Å². The maximum Gasteiger partial charge on any atom is 0.271 e. The van der Waals surface area contributed by atoms with Crippen molar-refractivity contribution in [3.63, 3.8) is 0 Å². The number of benzene rings is 2. The summed E-state index contributed by atoms with van der Waals surface area (Å²) in [6.45, 7) is 9.33. The van der Waals surface area contributed by atoms with E-state index in [9.17, 15) is 9.59 Å². The number of ether oxygens (including phenoxy) is 2. The minimum absolute atomic E-state index is 0.133. The van der Waals surface area contributed by atoms with Gasteiger partial charge in [-0.05, 0) is 73.5 Å². The summed E-state index contributed by atoms with van der Waals surface area (Å²) in [5.74, 6) is 1.22. The highest BCUT2D eigenvalue weighted by Gasteiger charge is 2.35. The molecule has 0 radical (unpaired) electrons. The van der Waals surface area contributed by atoms with Gasteiger partial charge >= 0.3 is 0 Å². The van der Waals surface area contributed by atoms with Gasteiger partial charge in [0.25, 0.3) is 11.5 Å². The molecule has 4 rings (SSSR count). The van der Waals surface area contributed by atoms with Crippen molar-refractivity contribution in [1.82, 2.24) is 9.47 Å². The van der Waals surface area contributed by atoms with Gasteiger partial charge in [-0.1, -0.05) is 35.6 Å². The van der Waals surface area contributed by atoms with Crippen LogP contribution in [0.3, 0.4) is 0 Å². The predicted octanol–water partition coefficient (Wildman–Crippen LogP) is 4.27. The lowest BCUT2D eigenvalue weighted by Crippen LogP contribution is -2.43. The highest BCUT2D eigenvalue weighted by atomic mass is 79.9. The van der Waals surface area contributed by atoms with Crippen LogP contribution in [0.5, 0.6) is 11.5 Å². The number of para-hydroxylation sites is 1. The maximum atomic E-state index is 13.9. The van der Waals surface area contributed by atoms with Gasteiger partial charge in [0.15, 0.2) is 4.80 Å². The summed E-state index contributed by atoms with van der Waals surface area (Å²) in [5, 5.41) is 0. The molecule has 0 unspecified atom stereocenters. The summed E-state index contributed by atoms with van der Waals surface area (Å²) < 4.78 is 14.2. The van der Waals surface area contributed by atoms with Gasteiger partial charge < -0.3 is 14.4 Å². The molecule has 1 aromatic heterocycles. The normalized spacial score (nSPS) is 15.3. The summed E-state index contributed by atoms with van der Waals surface area (Å²) in [5.41, 5.74) is 2.47. The SMILES string of the molecule is CCOc1ccc(/C=c2/sc3n(c2=O)[C@@H](c2ccccc2OC)C(C(=O)N(CC)CC)=C(C)N=3)cc1Br. The van der Waals surface area contributed by atoms with E-state index in [1.54, 1.807) is 16.6 Å². The molecule has 0 aliphatic carbocycles. The Hall–Kier alpha value is -3.17. The number of carbonyl (C=O) groups excluding carboxylic acids is 1. The number of amides is 1. The molecule has 9 heteroatoms. The molecule has 7 nitrogen and oxygen atoms in total. The van der Waals surface area contributed by atoms with E-state index in [0.29, 0.717) is 46.0 Å². The van der Waals surface area contributed by atoms with Gasteiger partial charge in [-0.25, -0.2) is 4.99 Å². The van der Waals surface area contributed by atoms with Crippen LogP contribution >= 0.6 is 27.3 Å². The molecule has 0 bridgehead atoms. The third-order valence-corrected chi connectivity index (χ3v) is 7.89. The minimum Gasteiger partial charge on any atom is -0.496 e. The first-order chi connectivity index (χ1) is 17.8. The fourth-order valence-corrected chi connectivity index (χ4v) is 6.05. The lowest BCUT2D eigenvalue weighted by Gasteiger charge is -2.29. The summed E-state index contributed by atoms with van der Waals surface area (Å²) in [6, 6.07) is 12.6. The number of methoxy groups -OCH3 is 1. The molecule has 0 spiro atoms. The first-order valence-corrected chi connectivity index (χ1v) is 13.8. The largest absolute Gasteiger partial charge is 0.496 e. The van der Waals surface area contributed by atoms with Gasteiger partial charge in [-0.2, -0.15) is 0 Å². The third-order valence-electron chi connectivity index (χ3n) is 6.29. The van der Waals surface area contributed by atoms with Crippen molar-refractivity contribution in [2.24, 2.45) is 4.99 Å². The van der Waals surface area contributed by atoms with Crippen molar-refractivity contribution in [2.75, 3.05) is 26.8 Å². The Bertz CT molecular complexity index is 1540. The average Bonchev–Trinajstić information content (AvgIpc) is 3.19. The molecule has 0 saturated heterocycles. The van der Waals surface area contributed by atoms with Gasteiger partial charge in [-0.3, -0.25) is 14.2 Å². The smallest absolute Gasteiger partial charge is 0.271 e. The highest BCUT2D eigenvalue weighted by Crippen LogP contribution is 2.36. The molecule has 2 heterocycles. The molecule has 0 saturated carbocycles. The van der Waals surface area contributed by atoms with Gasteiger partial charge in [-0.15, -0.1) is 0 Å². The number of allylic oxidation sites excluding steroid dienone is 1. The Morgan fingerprint density at radius 1 is 1.16 bits per heavy atom. The van der Waals surface area contributed by atoms with Crippen molar-refractivity contribution >= 4 is 39.2 Å². The number of hydrogen-bond acceptors (Lipinski definition) is 6. The maximum absolute atomic E-state index is 13.9. The van der Waals surface area contributed by atoms with Crippen LogP contribution in [0.25, 0.3) is 6.08 Å². The Balaban J connectivity index is 1.94. The molecular formula is C28H30BrN3O4S. The lowest BCUT2D eigenvalue weighted by atomic mass is 9.94. The molecular weight excluding hydrogens is 554 g/mol. The van der Waals surface area contributed by atoms with Crippen LogP contribution in [0.4, 0.5) is 0 Å². The van der Waals surface area contributed by atoms with Crippen LogP contribution in [0.2, 0.25) is 0 Å². The highest BCUT2D eigenvalue weighted by molar-refractivity contribution is 9.10. The number of likely N-dealkylation sites (N-methyl/N-ethyl adjacent to an activating group) is 1. The lowest BCUT2D eigenvalue weighted by molar-refractivity contribution is -0.127. The van der Waals surface area contributed by atoms with Crippen LogP contribution in [0.15, 0.2) is 68.0 Å². The summed E-state index contributed by atoms with van der Waals surface area (Å²) in [7, 11) is 1.59. The second-order valence-electron chi connectivity index (χ2n) is 8.42. The van der Waals surface area contributed by atoms with E-state index in [4.69, 9.17) is 14.5 Å². The summed E-state index contributed by atoms with van der Waals surface area (Å²) in [4.78, 5) is 34.7. The Morgan fingerprint density at radius 3 is 2.54 bits per heavy atom. The average molecular weight is 585 g/mol. The number of halogens is 1. The van der Waals surface area contributed by atoms with Crippen molar-refractivity contribution in [3.05, 3.63) is 89.0 Å². The first-order valence-electron chi connectivity index (χ1n) is 12.2. The van der Waals surface area contributed by atoms with Crippen molar-refractivity contribution in [1.29, 1.82) is 0 Å². The molecule has 1 aliphatic heterocycles. The number of nitrogens with zero attached hydrogens (tertiary/aromatic N) is 3. The van der Waals surface area contributed by atoms with Gasteiger partial charge in [0.1, 0.15) is 17.5 Å². The number of aromatic nitrogens is 1. The monoisotopic (exact) mass is 583 g/mol. The zero-order chi connectivity index (χ0) is 26.7. The number of fused-ring (bicyclic) bond motifs is 1.